The van der Waals surface area contributed by atoms with E-state index in [1.807, 2.05) is 11.2 Å². The number of thioether (sulfide) groups is 1. The normalized spacial score (nSPS) is 22.3. The minimum absolute atomic E-state index is 0.138. The van der Waals surface area contributed by atoms with Crippen molar-refractivity contribution >= 4 is 23.6 Å². The number of ether oxygens (including phenoxy) is 1. The molecule has 0 aromatic heterocycles. The Labute approximate surface area is 143 Å². The third kappa shape index (κ3) is 6.71. The van der Waals surface area contributed by atoms with Crippen molar-refractivity contribution < 1.29 is 14.3 Å². The maximum atomic E-state index is 12.0. The summed E-state index contributed by atoms with van der Waals surface area (Å²) in [5.74, 6) is 1.91. The largest absolute Gasteiger partial charge is 0.376 e. The van der Waals surface area contributed by atoms with Crippen LogP contribution in [-0.4, -0.2) is 61.1 Å². The second-order valence-electron chi connectivity index (χ2n) is 6.54. The molecule has 0 aromatic carbocycles. The maximum Gasteiger partial charge on any atom is 0.223 e. The standard InChI is InChI=1S/C17H30N2O3S/c1-23-12-8-17(21)19-9-6-14(7-10-19)4-5-16(20)18-13-15-3-2-11-22-15/h14-15H,2-13H2,1H3,(H,18,20)/t15-/m0/s1. The zero-order valence-corrected chi connectivity index (χ0v) is 15.0. The van der Waals surface area contributed by atoms with Gasteiger partial charge in [0.25, 0.3) is 0 Å². The lowest BCUT2D eigenvalue weighted by molar-refractivity contribution is -0.132. The number of nitrogens with one attached hydrogen (secondary N) is 1. The second kappa shape index (κ2) is 10.2. The van der Waals surface area contributed by atoms with E-state index >= 15 is 0 Å². The molecule has 23 heavy (non-hydrogen) atoms. The molecule has 132 valence electrons. The van der Waals surface area contributed by atoms with Gasteiger partial charge in [-0.25, -0.2) is 0 Å². The lowest BCUT2D eigenvalue weighted by atomic mass is 9.92. The van der Waals surface area contributed by atoms with Gasteiger partial charge in [0.05, 0.1) is 6.10 Å². The fourth-order valence-corrected chi connectivity index (χ4v) is 3.65. The van der Waals surface area contributed by atoms with Gasteiger partial charge < -0.3 is 15.0 Å². The lowest BCUT2D eigenvalue weighted by Gasteiger charge is -2.32. The Morgan fingerprint density at radius 1 is 1.22 bits per heavy atom. The van der Waals surface area contributed by atoms with E-state index in [0.717, 1.165) is 57.6 Å². The van der Waals surface area contributed by atoms with Gasteiger partial charge in [0.2, 0.25) is 11.8 Å². The second-order valence-corrected chi connectivity index (χ2v) is 7.53. The third-order valence-electron chi connectivity index (χ3n) is 4.82. The van der Waals surface area contributed by atoms with Crippen LogP contribution in [0.25, 0.3) is 0 Å². The van der Waals surface area contributed by atoms with Crippen LogP contribution in [0.2, 0.25) is 0 Å². The van der Waals surface area contributed by atoms with E-state index < -0.39 is 0 Å². The van der Waals surface area contributed by atoms with Crippen molar-refractivity contribution in [3.8, 4) is 0 Å². The highest BCUT2D eigenvalue weighted by Crippen LogP contribution is 2.22. The average molecular weight is 343 g/mol. The summed E-state index contributed by atoms with van der Waals surface area (Å²) in [7, 11) is 0. The summed E-state index contributed by atoms with van der Waals surface area (Å²) in [5.41, 5.74) is 0. The van der Waals surface area contributed by atoms with Crippen LogP contribution in [0.4, 0.5) is 0 Å². The van der Waals surface area contributed by atoms with Crippen molar-refractivity contribution in [2.24, 2.45) is 5.92 Å². The zero-order valence-electron chi connectivity index (χ0n) is 14.2. The van der Waals surface area contributed by atoms with Gasteiger partial charge in [-0.3, -0.25) is 9.59 Å². The van der Waals surface area contributed by atoms with Crippen LogP contribution in [0.1, 0.15) is 44.9 Å². The smallest absolute Gasteiger partial charge is 0.223 e. The summed E-state index contributed by atoms with van der Waals surface area (Å²) in [6.45, 7) is 3.20. The first-order chi connectivity index (χ1) is 11.2. The molecule has 2 saturated heterocycles. The van der Waals surface area contributed by atoms with Crippen LogP contribution >= 0.6 is 11.8 Å². The van der Waals surface area contributed by atoms with Crippen LogP contribution in [-0.2, 0) is 14.3 Å². The summed E-state index contributed by atoms with van der Waals surface area (Å²) < 4.78 is 5.51. The van der Waals surface area contributed by atoms with Gasteiger partial charge in [-0.05, 0) is 44.3 Å². The van der Waals surface area contributed by atoms with Gasteiger partial charge in [-0.15, -0.1) is 0 Å². The molecule has 0 aromatic rings. The number of rotatable bonds is 8. The Balaban J connectivity index is 1.55. The van der Waals surface area contributed by atoms with Crippen molar-refractivity contribution in [1.29, 1.82) is 0 Å². The summed E-state index contributed by atoms with van der Waals surface area (Å²) >= 11 is 1.72. The predicted molar refractivity (Wildman–Crippen MR) is 93.5 cm³/mol. The van der Waals surface area contributed by atoms with Crippen LogP contribution in [0, 0.1) is 5.92 Å². The van der Waals surface area contributed by atoms with Gasteiger partial charge in [-0.2, -0.15) is 11.8 Å². The molecule has 1 N–H and O–H groups in total. The fraction of sp³-hybridized carbons (Fsp3) is 0.882. The molecular weight excluding hydrogens is 312 g/mol. The fourth-order valence-electron chi connectivity index (χ4n) is 3.28. The van der Waals surface area contributed by atoms with Gasteiger partial charge in [0.1, 0.15) is 0 Å². The zero-order chi connectivity index (χ0) is 16.5. The first-order valence-electron chi connectivity index (χ1n) is 8.84. The van der Waals surface area contributed by atoms with E-state index in [1.54, 1.807) is 11.8 Å². The summed E-state index contributed by atoms with van der Waals surface area (Å²) in [6, 6.07) is 0. The lowest BCUT2D eigenvalue weighted by Crippen LogP contribution is -2.39. The van der Waals surface area contributed by atoms with Crippen LogP contribution in [0.5, 0.6) is 0 Å². The molecule has 0 unspecified atom stereocenters. The Morgan fingerprint density at radius 3 is 2.65 bits per heavy atom. The molecule has 5 nitrogen and oxygen atoms in total. The monoisotopic (exact) mass is 342 g/mol. The molecule has 2 aliphatic heterocycles. The Hall–Kier alpha value is -0.750. The summed E-state index contributed by atoms with van der Waals surface area (Å²) in [5, 5.41) is 2.98. The number of piperidine rings is 1. The van der Waals surface area contributed by atoms with Crippen LogP contribution in [0.15, 0.2) is 0 Å². The van der Waals surface area contributed by atoms with Crippen molar-refractivity contribution in [3.05, 3.63) is 0 Å². The molecule has 2 rings (SSSR count). The highest BCUT2D eigenvalue weighted by molar-refractivity contribution is 7.98. The van der Waals surface area contributed by atoms with Crippen LogP contribution < -0.4 is 5.32 Å². The molecule has 0 radical (unpaired) electrons. The quantitative estimate of drug-likeness (QED) is 0.733. The summed E-state index contributed by atoms with van der Waals surface area (Å²) in [4.78, 5) is 25.9. The highest BCUT2D eigenvalue weighted by atomic mass is 32.2. The first-order valence-corrected chi connectivity index (χ1v) is 10.2. The molecule has 1 atom stereocenters. The van der Waals surface area contributed by atoms with Crippen LogP contribution in [0.3, 0.4) is 0 Å². The highest BCUT2D eigenvalue weighted by Gasteiger charge is 2.23. The van der Waals surface area contributed by atoms with Gasteiger partial charge in [0.15, 0.2) is 0 Å². The molecule has 0 saturated carbocycles. The number of hydrogen-bond acceptors (Lipinski definition) is 4. The molecule has 0 spiro atoms. The van der Waals surface area contributed by atoms with E-state index in [0.29, 0.717) is 25.3 Å². The molecular formula is C17H30N2O3S. The predicted octanol–water partition coefficient (Wildman–Crippen LogP) is 2.05. The molecule has 2 heterocycles. The average Bonchev–Trinajstić information content (AvgIpc) is 3.10. The van der Waals surface area contributed by atoms with E-state index in [4.69, 9.17) is 4.74 Å². The number of carbonyl (C=O) groups excluding carboxylic acids is 2. The van der Waals surface area contributed by atoms with Crippen molar-refractivity contribution in [3.63, 3.8) is 0 Å². The topological polar surface area (TPSA) is 58.6 Å². The Kier molecular flexibility index (Phi) is 8.23. The van der Waals surface area contributed by atoms with E-state index in [-0.39, 0.29) is 17.9 Å². The molecule has 0 bridgehead atoms. The molecule has 0 aliphatic carbocycles. The summed E-state index contributed by atoms with van der Waals surface area (Å²) in [6.07, 6.45) is 8.66. The number of hydrogen-bond donors (Lipinski definition) is 1. The molecule has 2 amide bonds. The minimum Gasteiger partial charge on any atom is -0.376 e. The minimum atomic E-state index is 0.138. The van der Waals surface area contributed by atoms with Gasteiger partial charge in [0, 0.05) is 44.8 Å². The molecule has 2 aliphatic rings. The van der Waals surface area contributed by atoms with Crippen molar-refractivity contribution in [1.82, 2.24) is 10.2 Å². The van der Waals surface area contributed by atoms with Gasteiger partial charge in [-0.1, -0.05) is 0 Å². The number of likely N-dealkylation sites (tertiary alicyclic amines) is 1. The molecule has 2 fully saturated rings. The third-order valence-corrected chi connectivity index (χ3v) is 5.43. The first kappa shape index (κ1) is 18.6. The number of carbonyl (C=O) groups is 2. The van der Waals surface area contributed by atoms with Crippen molar-refractivity contribution in [2.75, 3.05) is 38.2 Å². The maximum absolute atomic E-state index is 12.0. The number of amides is 2. The van der Waals surface area contributed by atoms with E-state index in [1.165, 1.54) is 0 Å². The molecule has 6 heteroatoms. The SMILES string of the molecule is CSCCC(=O)N1CCC(CCC(=O)NC[C@@H]2CCCO2)CC1. The van der Waals surface area contributed by atoms with E-state index in [9.17, 15) is 9.59 Å². The van der Waals surface area contributed by atoms with Gasteiger partial charge >= 0.3 is 0 Å². The van der Waals surface area contributed by atoms with E-state index in [2.05, 4.69) is 5.32 Å². The Morgan fingerprint density at radius 2 is 2.00 bits per heavy atom. The Bertz CT molecular complexity index is 378. The van der Waals surface area contributed by atoms with Crippen molar-refractivity contribution in [2.45, 2.75) is 51.0 Å². The number of nitrogens with zero attached hydrogens (tertiary/aromatic N) is 1.